The molecule has 1 aliphatic rings. The summed E-state index contributed by atoms with van der Waals surface area (Å²) in [5.41, 5.74) is 6.14. The maximum absolute atomic E-state index is 13.9. The Morgan fingerprint density at radius 3 is 2.44 bits per heavy atom. The van der Waals surface area contributed by atoms with Crippen LogP contribution in [0.3, 0.4) is 0 Å². The van der Waals surface area contributed by atoms with Gasteiger partial charge in [-0.25, -0.2) is 8.78 Å². The van der Waals surface area contributed by atoms with Gasteiger partial charge in [0, 0.05) is 5.56 Å². The Bertz CT molecular complexity index is 408. The van der Waals surface area contributed by atoms with Crippen LogP contribution < -0.4 is 5.73 Å². The first-order chi connectivity index (χ1) is 8.44. The van der Waals surface area contributed by atoms with Crippen LogP contribution in [0.1, 0.15) is 44.6 Å². The molecule has 18 heavy (non-hydrogen) atoms. The summed E-state index contributed by atoms with van der Waals surface area (Å²) < 4.78 is 27.8. The molecular weight excluding hydrogens is 232 g/mol. The molecule has 0 radical (unpaired) electrons. The highest BCUT2D eigenvalue weighted by Gasteiger charge is 2.37. The first-order valence-electron chi connectivity index (χ1n) is 6.58. The Morgan fingerprint density at radius 2 is 1.89 bits per heavy atom. The van der Waals surface area contributed by atoms with Crippen LogP contribution in [0, 0.1) is 23.0 Å². The van der Waals surface area contributed by atoms with Crippen LogP contribution in [-0.4, -0.2) is 6.54 Å². The van der Waals surface area contributed by atoms with Crippen molar-refractivity contribution in [3.05, 3.63) is 35.4 Å². The van der Waals surface area contributed by atoms with Crippen molar-refractivity contribution in [2.24, 2.45) is 17.1 Å². The third-order valence-electron chi connectivity index (χ3n) is 4.21. The summed E-state index contributed by atoms with van der Waals surface area (Å²) in [6.45, 7) is 4.81. The lowest BCUT2D eigenvalue weighted by atomic mass is 9.65. The van der Waals surface area contributed by atoms with Crippen molar-refractivity contribution < 1.29 is 8.78 Å². The topological polar surface area (TPSA) is 26.0 Å². The van der Waals surface area contributed by atoms with Crippen LogP contribution >= 0.6 is 0 Å². The van der Waals surface area contributed by atoms with E-state index in [0.717, 1.165) is 19.3 Å². The van der Waals surface area contributed by atoms with Crippen LogP contribution in [0.15, 0.2) is 18.2 Å². The highest BCUT2D eigenvalue weighted by molar-refractivity contribution is 5.25. The molecule has 0 heterocycles. The summed E-state index contributed by atoms with van der Waals surface area (Å²) in [7, 11) is 0. The summed E-state index contributed by atoms with van der Waals surface area (Å²) in [6, 6.07) is 4.10. The molecule has 3 heteroatoms. The second kappa shape index (κ2) is 4.96. The van der Waals surface area contributed by atoms with Gasteiger partial charge in [0.2, 0.25) is 0 Å². The van der Waals surface area contributed by atoms with Gasteiger partial charge in [-0.2, -0.15) is 0 Å². The monoisotopic (exact) mass is 253 g/mol. The summed E-state index contributed by atoms with van der Waals surface area (Å²) in [5.74, 6) is -0.781. The molecule has 1 nitrogen and oxygen atoms in total. The van der Waals surface area contributed by atoms with E-state index in [2.05, 4.69) is 13.8 Å². The van der Waals surface area contributed by atoms with Gasteiger partial charge in [-0.05, 0) is 55.2 Å². The number of hydrogen-bond donors (Lipinski definition) is 1. The Hall–Kier alpha value is -0.960. The van der Waals surface area contributed by atoms with Crippen LogP contribution in [0.5, 0.6) is 0 Å². The maximum atomic E-state index is 13.9. The first-order valence-corrected chi connectivity index (χ1v) is 6.58. The van der Waals surface area contributed by atoms with Crippen LogP contribution in [0.4, 0.5) is 8.78 Å². The van der Waals surface area contributed by atoms with Crippen LogP contribution in [-0.2, 0) is 0 Å². The van der Waals surface area contributed by atoms with E-state index in [0.29, 0.717) is 6.54 Å². The summed E-state index contributed by atoms with van der Waals surface area (Å²) in [5, 5.41) is 0. The van der Waals surface area contributed by atoms with Crippen molar-refractivity contribution in [2.75, 3.05) is 6.54 Å². The predicted octanol–water partition coefficient (Wildman–Crippen LogP) is 3.83. The molecule has 1 fully saturated rings. The zero-order valence-corrected chi connectivity index (χ0v) is 11.0. The zero-order chi connectivity index (χ0) is 13.3. The lowest BCUT2D eigenvalue weighted by Crippen LogP contribution is -2.33. The van der Waals surface area contributed by atoms with Crippen molar-refractivity contribution in [1.29, 1.82) is 0 Å². The van der Waals surface area contributed by atoms with Gasteiger partial charge < -0.3 is 5.73 Å². The van der Waals surface area contributed by atoms with Gasteiger partial charge in [0.25, 0.3) is 0 Å². The van der Waals surface area contributed by atoms with Crippen molar-refractivity contribution in [3.8, 4) is 0 Å². The smallest absolute Gasteiger partial charge is 0.129 e. The van der Waals surface area contributed by atoms with E-state index in [1.54, 1.807) is 0 Å². The van der Waals surface area contributed by atoms with Gasteiger partial charge in [0.1, 0.15) is 11.6 Å². The van der Waals surface area contributed by atoms with Crippen molar-refractivity contribution >= 4 is 0 Å². The number of benzene rings is 1. The molecule has 1 aliphatic carbocycles. The standard InChI is InChI=1S/C15H21F2N/c1-15(2)7-6-10(9-18)11(8-15)14-12(16)4-3-5-13(14)17/h3-5,10-11H,6-9,18H2,1-2H3. The third kappa shape index (κ3) is 2.56. The summed E-state index contributed by atoms with van der Waals surface area (Å²) >= 11 is 0. The fraction of sp³-hybridized carbons (Fsp3) is 0.600. The molecule has 1 aromatic rings. The van der Waals surface area contributed by atoms with Crippen molar-refractivity contribution in [2.45, 2.75) is 39.0 Å². The first kappa shape index (κ1) is 13.5. The van der Waals surface area contributed by atoms with E-state index in [9.17, 15) is 8.78 Å². The van der Waals surface area contributed by atoms with Crippen LogP contribution in [0.2, 0.25) is 0 Å². The molecule has 0 spiro atoms. The number of hydrogen-bond acceptors (Lipinski definition) is 1. The molecule has 100 valence electrons. The van der Waals surface area contributed by atoms with E-state index in [-0.39, 0.29) is 22.8 Å². The number of rotatable bonds is 2. The van der Waals surface area contributed by atoms with Crippen molar-refractivity contribution in [3.63, 3.8) is 0 Å². The van der Waals surface area contributed by atoms with Gasteiger partial charge in [-0.1, -0.05) is 19.9 Å². The third-order valence-corrected chi connectivity index (χ3v) is 4.21. The molecule has 2 rings (SSSR count). The van der Waals surface area contributed by atoms with Crippen LogP contribution in [0.25, 0.3) is 0 Å². The second-order valence-electron chi connectivity index (χ2n) is 6.14. The molecule has 2 unspecified atom stereocenters. The molecule has 2 atom stereocenters. The second-order valence-corrected chi connectivity index (χ2v) is 6.14. The minimum atomic E-state index is -0.434. The molecule has 2 N–H and O–H groups in total. The normalized spacial score (nSPS) is 27.2. The summed E-state index contributed by atoms with van der Waals surface area (Å²) in [6.07, 6.45) is 2.82. The highest BCUT2D eigenvalue weighted by atomic mass is 19.1. The molecular formula is C15H21F2N. The Labute approximate surface area is 107 Å². The molecule has 0 aliphatic heterocycles. The van der Waals surface area contributed by atoms with Gasteiger partial charge in [0.05, 0.1) is 0 Å². The lowest BCUT2D eigenvalue weighted by Gasteiger charge is -2.40. The quantitative estimate of drug-likeness (QED) is 0.851. The minimum Gasteiger partial charge on any atom is -0.330 e. The van der Waals surface area contributed by atoms with E-state index in [1.165, 1.54) is 18.2 Å². The van der Waals surface area contributed by atoms with Crippen molar-refractivity contribution in [1.82, 2.24) is 0 Å². The zero-order valence-electron chi connectivity index (χ0n) is 11.0. The lowest BCUT2D eigenvalue weighted by molar-refractivity contribution is 0.161. The average Bonchev–Trinajstić information content (AvgIpc) is 2.28. The fourth-order valence-electron chi connectivity index (χ4n) is 3.13. The van der Waals surface area contributed by atoms with Gasteiger partial charge >= 0.3 is 0 Å². The largest absolute Gasteiger partial charge is 0.330 e. The molecule has 1 aromatic carbocycles. The Morgan fingerprint density at radius 1 is 1.28 bits per heavy atom. The maximum Gasteiger partial charge on any atom is 0.129 e. The fourth-order valence-corrected chi connectivity index (χ4v) is 3.13. The Kier molecular flexibility index (Phi) is 3.71. The molecule has 0 aromatic heterocycles. The predicted molar refractivity (Wildman–Crippen MR) is 69.3 cm³/mol. The SMILES string of the molecule is CC1(C)CCC(CN)C(c2c(F)cccc2F)C1. The van der Waals surface area contributed by atoms with E-state index in [1.807, 2.05) is 0 Å². The minimum absolute atomic E-state index is 0.0973. The van der Waals surface area contributed by atoms with Gasteiger partial charge in [-0.15, -0.1) is 0 Å². The van der Waals surface area contributed by atoms with E-state index < -0.39 is 11.6 Å². The van der Waals surface area contributed by atoms with E-state index in [4.69, 9.17) is 5.73 Å². The summed E-state index contributed by atoms with van der Waals surface area (Å²) in [4.78, 5) is 0. The highest BCUT2D eigenvalue weighted by Crippen LogP contribution is 2.47. The molecule has 0 bridgehead atoms. The molecule has 1 saturated carbocycles. The molecule has 0 amide bonds. The van der Waals surface area contributed by atoms with Gasteiger partial charge in [0.15, 0.2) is 0 Å². The molecule has 0 saturated heterocycles. The number of nitrogens with two attached hydrogens (primary N) is 1. The number of halogens is 2. The van der Waals surface area contributed by atoms with Gasteiger partial charge in [-0.3, -0.25) is 0 Å². The van der Waals surface area contributed by atoms with E-state index >= 15 is 0 Å². The average molecular weight is 253 g/mol. The Balaban J connectivity index is 2.39.